The Hall–Kier alpha value is -2.94. The van der Waals surface area contributed by atoms with Crippen LogP contribution in [0, 0.1) is 23.0 Å². The van der Waals surface area contributed by atoms with E-state index < -0.39 is 11.6 Å². The monoisotopic (exact) mass is 315 g/mol. The Morgan fingerprint density at radius 1 is 1.17 bits per heavy atom. The summed E-state index contributed by atoms with van der Waals surface area (Å²) in [5.41, 5.74) is 1.50. The van der Waals surface area contributed by atoms with Gasteiger partial charge in [0.15, 0.2) is 11.6 Å². The van der Waals surface area contributed by atoms with Gasteiger partial charge in [0.25, 0.3) is 0 Å². The minimum absolute atomic E-state index is 0.00156. The summed E-state index contributed by atoms with van der Waals surface area (Å²) in [6.07, 6.45) is 0. The number of likely N-dealkylation sites (N-methyl/N-ethyl adjacent to an activating group) is 1. The number of amides is 1. The first-order chi connectivity index (χ1) is 11.0. The lowest BCUT2D eigenvalue weighted by Crippen LogP contribution is -2.33. The van der Waals surface area contributed by atoms with E-state index in [0.29, 0.717) is 23.5 Å². The van der Waals surface area contributed by atoms with Crippen LogP contribution in [0.3, 0.4) is 0 Å². The molecule has 1 amide bonds. The maximum atomic E-state index is 13.3. The maximum absolute atomic E-state index is 13.3. The molecule has 0 bridgehead atoms. The predicted molar refractivity (Wildman–Crippen MR) is 84.0 cm³/mol. The number of carbonyl (C=O) groups is 1. The molecule has 23 heavy (non-hydrogen) atoms. The number of nitrogens with one attached hydrogen (secondary N) is 1. The summed E-state index contributed by atoms with van der Waals surface area (Å²) in [6, 6.07) is 12.0. The van der Waals surface area contributed by atoms with Gasteiger partial charge in [0.1, 0.15) is 0 Å². The Morgan fingerprint density at radius 2 is 1.87 bits per heavy atom. The van der Waals surface area contributed by atoms with Crippen molar-refractivity contribution in [3.8, 4) is 6.07 Å². The van der Waals surface area contributed by atoms with Crippen LogP contribution in [-0.4, -0.2) is 19.0 Å². The van der Waals surface area contributed by atoms with Gasteiger partial charge < -0.3 is 10.2 Å². The van der Waals surface area contributed by atoms with Crippen molar-refractivity contribution in [2.75, 3.05) is 23.3 Å². The van der Waals surface area contributed by atoms with E-state index in [4.69, 9.17) is 5.26 Å². The summed E-state index contributed by atoms with van der Waals surface area (Å²) in [5.74, 6) is -2.17. The van der Waals surface area contributed by atoms with E-state index in [-0.39, 0.29) is 12.5 Å². The molecule has 1 N–H and O–H groups in total. The molecule has 2 rings (SSSR count). The number of rotatable bonds is 5. The first-order valence-corrected chi connectivity index (χ1v) is 7.03. The fraction of sp³-hybridized carbons (Fsp3) is 0.176. The van der Waals surface area contributed by atoms with Gasteiger partial charge >= 0.3 is 0 Å². The second-order valence-electron chi connectivity index (χ2n) is 4.85. The van der Waals surface area contributed by atoms with Crippen LogP contribution in [0.1, 0.15) is 12.5 Å². The minimum atomic E-state index is -0.951. The van der Waals surface area contributed by atoms with Gasteiger partial charge in [-0.3, -0.25) is 4.79 Å². The average Bonchev–Trinajstić information content (AvgIpc) is 2.56. The smallest absolute Gasteiger partial charge is 0.243 e. The highest BCUT2D eigenvalue weighted by Gasteiger charge is 2.12. The van der Waals surface area contributed by atoms with Gasteiger partial charge in [-0.05, 0) is 43.3 Å². The summed E-state index contributed by atoms with van der Waals surface area (Å²) in [5, 5.41) is 11.4. The molecule has 0 heterocycles. The highest BCUT2D eigenvalue weighted by molar-refractivity contribution is 5.94. The number of nitriles is 1. The van der Waals surface area contributed by atoms with Crippen LogP contribution in [0.25, 0.3) is 0 Å². The molecule has 0 radical (unpaired) electrons. The number of benzene rings is 2. The van der Waals surface area contributed by atoms with E-state index in [0.717, 1.165) is 12.1 Å². The summed E-state index contributed by atoms with van der Waals surface area (Å²) in [7, 11) is 0. The van der Waals surface area contributed by atoms with E-state index in [1.165, 1.54) is 6.07 Å². The summed E-state index contributed by atoms with van der Waals surface area (Å²) >= 11 is 0. The summed E-state index contributed by atoms with van der Waals surface area (Å²) in [4.78, 5) is 13.7. The average molecular weight is 315 g/mol. The molecule has 6 heteroatoms. The lowest BCUT2D eigenvalue weighted by Gasteiger charge is -2.22. The first-order valence-electron chi connectivity index (χ1n) is 7.03. The number of hydrogen-bond donors (Lipinski definition) is 1. The number of anilines is 2. The summed E-state index contributed by atoms with van der Waals surface area (Å²) < 4.78 is 26.3. The third-order valence-electron chi connectivity index (χ3n) is 3.28. The molecule has 2 aromatic carbocycles. The van der Waals surface area contributed by atoms with Crippen LogP contribution >= 0.6 is 0 Å². The van der Waals surface area contributed by atoms with Crippen molar-refractivity contribution in [3.63, 3.8) is 0 Å². The largest absolute Gasteiger partial charge is 0.362 e. The number of nitrogens with zero attached hydrogens (tertiary/aromatic N) is 2. The van der Waals surface area contributed by atoms with E-state index in [2.05, 4.69) is 5.32 Å². The van der Waals surface area contributed by atoms with Crippen molar-refractivity contribution in [1.29, 1.82) is 5.26 Å². The first kappa shape index (κ1) is 16.4. The van der Waals surface area contributed by atoms with Crippen molar-refractivity contribution in [1.82, 2.24) is 0 Å². The van der Waals surface area contributed by atoms with Crippen LogP contribution in [0.5, 0.6) is 0 Å². The predicted octanol–water partition coefficient (Wildman–Crippen LogP) is 3.30. The van der Waals surface area contributed by atoms with Gasteiger partial charge in [0.2, 0.25) is 5.91 Å². The molecular weight excluding hydrogens is 300 g/mol. The molecule has 2 aromatic rings. The van der Waals surface area contributed by atoms with Crippen LogP contribution in [0.15, 0.2) is 42.5 Å². The number of halogens is 2. The summed E-state index contributed by atoms with van der Waals surface area (Å²) in [6.45, 7) is 2.28. The zero-order chi connectivity index (χ0) is 16.8. The van der Waals surface area contributed by atoms with Gasteiger partial charge in [-0.25, -0.2) is 8.78 Å². The number of hydrogen-bond acceptors (Lipinski definition) is 3. The zero-order valence-corrected chi connectivity index (χ0v) is 12.5. The van der Waals surface area contributed by atoms with Crippen molar-refractivity contribution in [2.24, 2.45) is 0 Å². The second-order valence-corrected chi connectivity index (χ2v) is 4.85. The van der Waals surface area contributed by atoms with Gasteiger partial charge in [-0.15, -0.1) is 0 Å². The molecule has 0 aromatic heterocycles. The van der Waals surface area contributed by atoms with E-state index in [1.54, 1.807) is 29.2 Å². The SMILES string of the molecule is CCN(CC(=O)Nc1ccc(C#N)cc1)c1ccc(F)c(F)c1. The molecule has 0 fully saturated rings. The molecule has 118 valence electrons. The van der Waals surface area contributed by atoms with Crippen LogP contribution in [0.4, 0.5) is 20.2 Å². The Morgan fingerprint density at radius 3 is 2.43 bits per heavy atom. The Balaban J connectivity index is 2.04. The van der Waals surface area contributed by atoms with Crippen LogP contribution in [0.2, 0.25) is 0 Å². The van der Waals surface area contributed by atoms with E-state index in [1.807, 2.05) is 13.0 Å². The fourth-order valence-corrected chi connectivity index (χ4v) is 2.07. The molecule has 0 aliphatic rings. The third kappa shape index (κ3) is 4.27. The quantitative estimate of drug-likeness (QED) is 0.921. The molecule has 0 saturated heterocycles. The molecule has 4 nitrogen and oxygen atoms in total. The second kappa shape index (κ2) is 7.36. The van der Waals surface area contributed by atoms with Crippen molar-refractivity contribution in [2.45, 2.75) is 6.92 Å². The molecule has 0 aliphatic carbocycles. The topological polar surface area (TPSA) is 56.1 Å². The van der Waals surface area contributed by atoms with Crippen LogP contribution in [-0.2, 0) is 4.79 Å². The van der Waals surface area contributed by atoms with E-state index in [9.17, 15) is 13.6 Å². The Labute approximate surface area is 133 Å². The molecule has 0 atom stereocenters. The fourth-order valence-electron chi connectivity index (χ4n) is 2.07. The molecule has 0 aliphatic heterocycles. The molecular formula is C17H15F2N3O. The Bertz CT molecular complexity index is 738. The van der Waals surface area contributed by atoms with Gasteiger partial charge in [-0.1, -0.05) is 0 Å². The molecule has 0 unspecified atom stereocenters. The Kier molecular flexibility index (Phi) is 5.26. The van der Waals surface area contributed by atoms with Crippen molar-refractivity contribution < 1.29 is 13.6 Å². The lowest BCUT2D eigenvalue weighted by atomic mass is 10.2. The molecule has 0 saturated carbocycles. The highest BCUT2D eigenvalue weighted by atomic mass is 19.2. The lowest BCUT2D eigenvalue weighted by molar-refractivity contribution is -0.115. The highest BCUT2D eigenvalue weighted by Crippen LogP contribution is 2.18. The van der Waals surface area contributed by atoms with Gasteiger partial charge in [-0.2, -0.15) is 5.26 Å². The van der Waals surface area contributed by atoms with E-state index >= 15 is 0 Å². The van der Waals surface area contributed by atoms with Crippen LogP contribution < -0.4 is 10.2 Å². The van der Waals surface area contributed by atoms with Crippen molar-refractivity contribution >= 4 is 17.3 Å². The van der Waals surface area contributed by atoms with Crippen molar-refractivity contribution in [3.05, 3.63) is 59.7 Å². The maximum Gasteiger partial charge on any atom is 0.243 e. The standard InChI is InChI=1S/C17H15F2N3O/c1-2-22(14-7-8-15(18)16(19)9-14)11-17(23)21-13-5-3-12(10-20)4-6-13/h3-9H,2,11H2,1H3,(H,21,23). The molecule has 0 spiro atoms. The minimum Gasteiger partial charge on any atom is -0.362 e. The number of carbonyl (C=O) groups excluding carboxylic acids is 1. The van der Waals surface area contributed by atoms with Gasteiger partial charge in [0, 0.05) is 24.0 Å². The van der Waals surface area contributed by atoms with Gasteiger partial charge in [0.05, 0.1) is 18.2 Å². The zero-order valence-electron chi connectivity index (χ0n) is 12.5. The normalized spacial score (nSPS) is 10.0. The third-order valence-corrected chi connectivity index (χ3v) is 3.28.